The second-order valence-electron chi connectivity index (χ2n) is 4.77. The minimum atomic E-state index is -0.126. The molecule has 5 heteroatoms. The summed E-state index contributed by atoms with van der Waals surface area (Å²) in [4.78, 5) is 25.0. The number of hydrogen-bond donors (Lipinski definition) is 0. The first-order valence-electron chi connectivity index (χ1n) is 6.48. The molecule has 1 aliphatic rings. The molecule has 0 amide bonds. The van der Waals surface area contributed by atoms with Gasteiger partial charge in [-0.3, -0.25) is 9.59 Å². The standard InChI is InChI=1S/C13H19N3O2/c1-11(17)5-8-16-13(18)9-12(10-14-16)15-6-3-2-4-7-15/h9-10H,2-8H2,1H3. The number of nitrogens with zero attached hydrogens (tertiary/aromatic N) is 3. The lowest BCUT2D eigenvalue weighted by Gasteiger charge is -2.28. The van der Waals surface area contributed by atoms with Gasteiger partial charge in [-0.1, -0.05) is 0 Å². The maximum absolute atomic E-state index is 11.9. The van der Waals surface area contributed by atoms with Crippen molar-refractivity contribution in [1.82, 2.24) is 9.78 Å². The normalized spacial score (nSPS) is 15.7. The van der Waals surface area contributed by atoms with Crippen LogP contribution in [0.1, 0.15) is 32.6 Å². The summed E-state index contributed by atoms with van der Waals surface area (Å²) in [7, 11) is 0. The van der Waals surface area contributed by atoms with Crippen LogP contribution in [-0.4, -0.2) is 28.7 Å². The summed E-state index contributed by atoms with van der Waals surface area (Å²) in [5, 5.41) is 4.14. The molecule has 1 aliphatic heterocycles. The van der Waals surface area contributed by atoms with Gasteiger partial charge in [0, 0.05) is 25.6 Å². The van der Waals surface area contributed by atoms with Crippen LogP contribution in [0.3, 0.4) is 0 Å². The Morgan fingerprint density at radius 3 is 2.67 bits per heavy atom. The van der Waals surface area contributed by atoms with E-state index in [4.69, 9.17) is 0 Å². The summed E-state index contributed by atoms with van der Waals surface area (Å²) < 4.78 is 1.36. The number of Topliss-reactive ketones (excluding diaryl/α,β-unsaturated/α-hetero) is 1. The van der Waals surface area contributed by atoms with E-state index in [0.29, 0.717) is 13.0 Å². The van der Waals surface area contributed by atoms with Crippen molar-refractivity contribution >= 4 is 11.5 Å². The smallest absolute Gasteiger partial charge is 0.268 e. The van der Waals surface area contributed by atoms with E-state index in [-0.39, 0.29) is 11.3 Å². The van der Waals surface area contributed by atoms with Crippen LogP contribution in [-0.2, 0) is 11.3 Å². The highest BCUT2D eigenvalue weighted by Crippen LogP contribution is 2.16. The Morgan fingerprint density at radius 1 is 1.33 bits per heavy atom. The highest BCUT2D eigenvalue weighted by atomic mass is 16.1. The molecule has 0 aliphatic carbocycles. The van der Waals surface area contributed by atoms with Gasteiger partial charge in [-0.2, -0.15) is 5.10 Å². The van der Waals surface area contributed by atoms with E-state index in [1.165, 1.54) is 30.9 Å². The van der Waals surface area contributed by atoms with E-state index in [1.54, 1.807) is 12.3 Å². The summed E-state index contributed by atoms with van der Waals surface area (Å²) in [6.07, 6.45) is 5.70. The first-order chi connectivity index (χ1) is 8.66. The van der Waals surface area contributed by atoms with Crippen molar-refractivity contribution in [3.8, 4) is 0 Å². The Hall–Kier alpha value is -1.65. The predicted octanol–water partition coefficient (Wildman–Crippen LogP) is 1.21. The molecule has 1 aromatic rings. The molecule has 0 radical (unpaired) electrons. The first kappa shape index (κ1) is 12.8. The van der Waals surface area contributed by atoms with Crippen molar-refractivity contribution in [3.05, 3.63) is 22.6 Å². The van der Waals surface area contributed by atoms with E-state index in [2.05, 4.69) is 10.00 Å². The number of aromatic nitrogens is 2. The van der Waals surface area contributed by atoms with E-state index in [1.807, 2.05) is 0 Å². The van der Waals surface area contributed by atoms with Crippen LogP contribution >= 0.6 is 0 Å². The summed E-state index contributed by atoms with van der Waals surface area (Å²) in [5.74, 6) is 0.0730. The van der Waals surface area contributed by atoms with Gasteiger partial charge in [0.1, 0.15) is 5.78 Å². The number of rotatable bonds is 4. The van der Waals surface area contributed by atoms with Crippen molar-refractivity contribution in [2.24, 2.45) is 0 Å². The lowest BCUT2D eigenvalue weighted by atomic mass is 10.1. The van der Waals surface area contributed by atoms with Crippen LogP contribution < -0.4 is 10.5 Å². The molecule has 1 aromatic heterocycles. The molecule has 0 bridgehead atoms. The molecule has 2 heterocycles. The van der Waals surface area contributed by atoms with Gasteiger partial charge in [0.25, 0.3) is 5.56 Å². The van der Waals surface area contributed by atoms with Gasteiger partial charge < -0.3 is 4.90 Å². The first-order valence-corrected chi connectivity index (χ1v) is 6.48. The molecular weight excluding hydrogens is 230 g/mol. The highest BCUT2D eigenvalue weighted by Gasteiger charge is 2.12. The molecule has 0 saturated carbocycles. The highest BCUT2D eigenvalue weighted by molar-refractivity contribution is 5.75. The average molecular weight is 249 g/mol. The fraction of sp³-hybridized carbons (Fsp3) is 0.615. The quantitative estimate of drug-likeness (QED) is 0.805. The summed E-state index contributed by atoms with van der Waals surface area (Å²) >= 11 is 0. The Balaban J connectivity index is 2.09. The Labute approximate surface area is 106 Å². The lowest BCUT2D eigenvalue weighted by Crippen LogP contribution is -2.32. The van der Waals surface area contributed by atoms with Gasteiger partial charge in [-0.25, -0.2) is 4.68 Å². The van der Waals surface area contributed by atoms with Crippen LogP contribution in [0.2, 0.25) is 0 Å². The Morgan fingerprint density at radius 2 is 2.06 bits per heavy atom. The van der Waals surface area contributed by atoms with Crippen LogP contribution in [0.15, 0.2) is 17.1 Å². The maximum atomic E-state index is 11.9. The van der Waals surface area contributed by atoms with Crippen LogP contribution in [0.4, 0.5) is 5.69 Å². The minimum Gasteiger partial charge on any atom is -0.370 e. The van der Waals surface area contributed by atoms with Crippen molar-refractivity contribution in [2.75, 3.05) is 18.0 Å². The van der Waals surface area contributed by atoms with Crippen molar-refractivity contribution in [3.63, 3.8) is 0 Å². The Kier molecular flexibility index (Phi) is 4.12. The maximum Gasteiger partial charge on any atom is 0.268 e. The van der Waals surface area contributed by atoms with Crippen LogP contribution in [0.25, 0.3) is 0 Å². The SMILES string of the molecule is CC(=O)CCn1ncc(N2CCCCC2)cc1=O. The number of ketones is 1. The van der Waals surface area contributed by atoms with E-state index >= 15 is 0 Å². The molecule has 0 aromatic carbocycles. The average Bonchev–Trinajstić information content (AvgIpc) is 2.38. The third kappa shape index (κ3) is 3.18. The summed E-state index contributed by atoms with van der Waals surface area (Å²) in [5.41, 5.74) is 0.776. The molecule has 0 unspecified atom stereocenters. The van der Waals surface area contributed by atoms with Gasteiger partial charge in [0.2, 0.25) is 0 Å². The van der Waals surface area contributed by atoms with Gasteiger partial charge >= 0.3 is 0 Å². The summed E-state index contributed by atoms with van der Waals surface area (Å²) in [6.45, 7) is 3.89. The zero-order valence-corrected chi connectivity index (χ0v) is 10.8. The number of piperidine rings is 1. The zero-order valence-electron chi connectivity index (χ0n) is 10.8. The zero-order chi connectivity index (χ0) is 13.0. The van der Waals surface area contributed by atoms with Crippen LogP contribution in [0, 0.1) is 0 Å². The Bertz CT molecular complexity index is 475. The largest absolute Gasteiger partial charge is 0.370 e. The van der Waals surface area contributed by atoms with E-state index < -0.39 is 0 Å². The van der Waals surface area contributed by atoms with E-state index in [9.17, 15) is 9.59 Å². The predicted molar refractivity (Wildman–Crippen MR) is 69.9 cm³/mol. The molecular formula is C13H19N3O2. The summed E-state index contributed by atoms with van der Waals surface area (Å²) in [6, 6.07) is 1.62. The van der Waals surface area contributed by atoms with Gasteiger partial charge in [0.05, 0.1) is 18.4 Å². The molecule has 0 atom stereocenters. The number of carbonyl (C=O) groups is 1. The molecule has 18 heavy (non-hydrogen) atoms. The number of hydrogen-bond acceptors (Lipinski definition) is 4. The van der Waals surface area contributed by atoms with Crippen molar-refractivity contribution in [1.29, 1.82) is 0 Å². The van der Waals surface area contributed by atoms with Crippen molar-refractivity contribution in [2.45, 2.75) is 39.2 Å². The minimum absolute atomic E-state index is 0.0730. The molecule has 98 valence electrons. The number of anilines is 1. The molecule has 1 saturated heterocycles. The molecule has 5 nitrogen and oxygen atoms in total. The molecule has 1 fully saturated rings. The molecule has 0 spiro atoms. The van der Waals surface area contributed by atoms with E-state index in [0.717, 1.165) is 18.8 Å². The second kappa shape index (κ2) is 5.80. The number of aryl methyl sites for hydroxylation is 1. The van der Waals surface area contributed by atoms with Gasteiger partial charge in [-0.05, 0) is 26.2 Å². The fourth-order valence-corrected chi connectivity index (χ4v) is 2.18. The number of carbonyl (C=O) groups excluding carboxylic acids is 1. The van der Waals surface area contributed by atoms with Crippen molar-refractivity contribution < 1.29 is 4.79 Å². The van der Waals surface area contributed by atoms with Gasteiger partial charge in [0.15, 0.2) is 0 Å². The van der Waals surface area contributed by atoms with Crippen LogP contribution in [0.5, 0.6) is 0 Å². The second-order valence-corrected chi connectivity index (χ2v) is 4.77. The third-order valence-electron chi connectivity index (χ3n) is 3.25. The third-order valence-corrected chi connectivity index (χ3v) is 3.25. The fourth-order valence-electron chi connectivity index (χ4n) is 2.18. The molecule has 0 N–H and O–H groups in total. The topological polar surface area (TPSA) is 55.2 Å². The molecule has 2 rings (SSSR count). The lowest BCUT2D eigenvalue weighted by molar-refractivity contribution is -0.117. The van der Waals surface area contributed by atoms with Gasteiger partial charge in [-0.15, -0.1) is 0 Å². The monoisotopic (exact) mass is 249 g/mol.